The Morgan fingerprint density at radius 1 is 1.00 bits per heavy atom. The zero-order chi connectivity index (χ0) is 19.4. The first kappa shape index (κ1) is 18.3. The highest BCUT2D eigenvalue weighted by Gasteiger charge is 2.09. The Balaban J connectivity index is 1.66. The van der Waals surface area contributed by atoms with Crippen molar-refractivity contribution in [1.82, 2.24) is 4.98 Å². The maximum atomic E-state index is 13.7. The Morgan fingerprint density at radius 2 is 1.74 bits per heavy atom. The number of aromatic nitrogens is 1. The van der Waals surface area contributed by atoms with E-state index in [1.54, 1.807) is 12.1 Å². The summed E-state index contributed by atoms with van der Waals surface area (Å²) in [6.07, 6.45) is 1.38. The van der Waals surface area contributed by atoms with Crippen LogP contribution in [0.4, 0.5) is 31.7 Å². The van der Waals surface area contributed by atoms with Crippen LogP contribution >= 0.6 is 0 Å². The van der Waals surface area contributed by atoms with Gasteiger partial charge in [-0.15, -0.1) is 0 Å². The predicted octanol–water partition coefficient (Wildman–Crippen LogP) is 4.42. The molecule has 7 heteroatoms. The maximum Gasteiger partial charge on any atom is 0.257 e. The van der Waals surface area contributed by atoms with Gasteiger partial charge in [0.15, 0.2) is 0 Å². The molecule has 0 radical (unpaired) electrons. The van der Waals surface area contributed by atoms with Crippen molar-refractivity contribution in [3.63, 3.8) is 0 Å². The molecule has 3 aromatic rings. The Bertz CT molecular complexity index is 941. The highest BCUT2D eigenvalue weighted by molar-refractivity contribution is 6.04. The fourth-order valence-electron chi connectivity index (χ4n) is 2.38. The van der Waals surface area contributed by atoms with Gasteiger partial charge in [0.25, 0.3) is 5.91 Å². The highest BCUT2D eigenvalue weighted by Crippen LogP contribution is 2.20. The van der Waals surface area contributed by atoms with Crippen molar-refractivity contribution in [2.75, 3.05) is 29.6 Å². The summed E-state index contributed by atoms with van der Waals surface area (Å²) < 4.78 is 26.6. The van der Waals surface area contributed by atoms with Crippen LogP contribution in [0.5, 0.6) is 0 Å². The number of carbonyl (C=O) groups excluding carboxylic acids is 1. The maximum absolute atomic E-state index is 13.7. The van der Waals surface area contributed by atoms with E-state index in [0.29, 0.717) is 17.1 Å². The van der Waals surface area contributed by atoms with E-state index in [1.165, 1.54) is 12.3 Å². The van der Waals surface area contributed by atoms with Crippen LogP contribution in [-0.2, 0) is 0 Å². The van der Waals surface area contributed by atoms with Gasteiger partial charge in [0.1, 0.15) is 17.5 Å². The Kier molecular flexibility index (Phi) is 5.30. The van der Waals surface area contributed by atoms with Crippen LogP contribution in [0, 0.1) is 11.6 Å². The smallest absolute Gasteiger partial charge is 0.257 e. The van der Waals surface area contributed by atoms with Gasteiger partial charge in [-0.05, 0) is 48.5 Å². The molecule has 0 atom stereocenters. The third kappa shape index (κ3) is 4.58. The summed E-state index contributed by atoms with van der Waals surface area (Å²) in [7, 11) is 3.87. The molecule has 5 nitrogen and oxygen atoms in total. The van der Waals surface area contributed by atoms with E-state index in [1.807, 2.05) is 43.3 Å². The lowest BCUT2D eigenvalue weighted by Gasteiger charge is -2.13. The number of nitrogens with zero attached hydrogens (tertiary/aromatic N) is 2. The molecule has 1 heterocycles. The summed E-state index contributed by atoms with van der Waals surface area (Å²) in [5.74, 6) is -1.34. The summed E-state index contributed by atoms with van der Waals surface area (Å²) in [5.41, 5.74) is 2.15. The van der Waals surface area contributed by atoms with Gasteiger partial charge in [-0.2, -0.15) is 0 Å². The highest BCUT2D eigenvalue weighted by atomic mass is 19.1. The van der Waals surface area contributed by atoms with Gasteiger partial charge in [0, 0.05) is 37.7 Å². The van der Waals surface area contributed by atoms with E-state index >= 15 is 0 Å². The van der Waals surface area contributed by atoms with E-state index in [0.717, 1.165) is 17.8 Å². The van der Waals surface area contributed by atoms with Crippen molar-refractivity contribution < 1.29 is 13.6 Å². The molecule has 0 bridgehead atoms. The number of carbonyl (C=O) groups is 1. The van der Waals surface area contributed by atoms with Crippen molar-refractivity contribution >= 4 is 28.8 Å². The van der Waals surface area contributed by atoms with Gasteiger partial charge in [0.2, 0.25) is 0 Å². The van der Waals surface area contributed by atoms with Crippen LogP contribution in [0.1, 0.15) is 10.4 Å². The first-order valence-corrected chi connectivity index (χ1v) is 8.19. The van der Waals surface area contributed by atoms with Crippen LogP contribution in [-0.4, -0.2) is 25.0 Å². The van der Waals surface area contributed by atoms with Gasteiger partial charge >= 0.3 is 0 Å². The molecule has 0 aliphatic rings. The molecule has 3 rings (SSSR count). The second-order valence-electron chi connectivity index (χ2n) is 6.08. The summed E-state index contributed by atoms with van der Waals surface area (Å²) in [6.45, 7) is 0. The second kappa shape index (κ2) is 7.82. The first-order chi connectivity index (χ1) is 12.9. The van der Waals surface area contributed by atoms with Crippen LogP contribution in [0.15, 0.2) is 60.8 Å². The standard InChI is InChI=1S/C20H18F2N4O/c1-26(2)16-7-5-15(6-8-16)24-20(27)13-3-10-19(23-12-13)25-18-9-4-14(21)11-17(18)22/h3-12H,1-2H3,(H,23,25)(H,24,27). The van der Waals surface area contributed by atoms with Crippen LogP contribution in [0.3, 0.4) is 0 Å². The molecule has 138 valence electrons. The molecular weight excluding hydrogens is 350 g/mol. The number of amides is 1. The van der Waals surface area contributed by atoms with Gasteiger partial charge in [-0.3, -0.25) is 4.79 Å². The molecule has 1 amide bonds. The zero-order valence-electron chi connectivity index (χ0n) is 14.8. The first-order valence-electron chi connectivity index (χ1n) is 8.19. The molecule has 0 aliphatic heterocycles. The van der Waals surface area contributed by atoms with Crippen molar-refractivity contribution in [3.8, 4) is 0 Å². The molecule has 0 unspecified atom stereocenters. The third-order valence-electron chi connectivity index (χ3n) is 3.86. The average molecular weight is 368 g/mol. The fourth-order valence-corrected chi connectivity index (χ4v) is 2.38. The fraction of sp³-hybridized carbons (Fsp3) is 0.100. The number of hydrogen-bond donors (Lipinski definition) is 2. The Hall–Kier alpha value is -3.48. The number of nitrogens with one attached hydrogen (secondary N) is 2. The molecule has 0 aliphatic carbocycles. The second-order valence-corrected chi connectivity index (χ2v) is 6.08. The van der Waals surface area contributed by atoms with Gasteiger partial charge < -0.3 is 15.5 Å². The number of anilines is 4. The van der Waals surface area contributed by atoms with Crippen LogP contribution in [0.2, 0.25) is 0 Å². The predicted molar refractivity (Wildman–Crippen MR) is 103 cm³/mol. The van der Waals surface area contributed by atoms with Gasteiger partial charge in [-0.1, -0.05) is 0 Å². The molecule has 1 aromatic heterocycles. The summed E-state index contributed by atoms with van der Waals surface area (Å²) in [5, 5.41) is 5.53. The SMILES string of the molecule is CN(C)c1ccc(NC(=O)c2ccc(Nc3ccc(F)cc3F)nc2)cc1. The normalized spacial score (nSPS) is 10.4. The molecule has 0 spiro atoms. The number of halogens is 2. The minimum Gasteiger partial charge on any atom is -0.378 e. The molecule has 2 aromatic carbocycles. The summed E-state index contributed by atoms with van der Waals surface area (Å²) in [6, 6.07) is 13.8. The zero-order valence-corrected chi connectivity index (χ0v) is 14.8. The molecular formula is C20H18F2N4O. The van der Waals surface area contributed by atoms with E-state index < -0.39 is 11.6 Å². The molecule has 0 saturated heterocycles. The van der Waals surface area contributed by atoms with E-state index in [4.69, 9.17) is 0 Å². The molecule has 0 fully saturated rings. The largest absolute Gasteiger partial charge is 0.378 e. The van der Waals surface area contributed by atoms with Crippen molar-refractivity contribution in [3.05, 3.63) is 78.0 Å². The Labute approximate surface area is 155 Å². The number of hydrogen-bond acceptors (Lipinski definition) is 4. The lowest BCUT2D eigenvalue weighted by molar-refractivity contribution is 0.102. The molecule has 2 N–H and O–H groups in total. The summed E-state index contributed by atoms with van der Waals surface area (Å²) in [4.78, 5) is 18.4. The summed E-state index contributed by atoms with van der Waals surface area (Å²) >= 11 is 0. The number of rotatable bonds is 5. The van der Waals surface area contributed by atoms with E-state index in [9.17, 15) is 13.6 Å². The van der Waals surface area contributed by atoms with Crippen LogP contribution < -0.4 is 15.5 Å². The van der Waals surface area contributed by atoms with Gasteiger partial charge in [0.05, 0.1) is 11.3 Å². The minimum atomic E-state index is -0.722. The molecule has 0 saturated carbocycles. The average Bonchev–Trinajstić information content (AvgIpc) is 2.65. The number of benzene rings is 2. The lowest BCUT2D eigenvalue weighted by Crippen LogP contribution is -2.13. The van der Waals surface area contributed by atoms with Crippen molar-refractivity contribution in [2.45, 2.75) is 0 Å². The van der Waals surface area contributed by atoms with Gasteiger partial charge in [-0.25, -0.2) is 13.8 Å². The monoisotopic (exact) mass is 368 g/mol. The quantitative estimate of drug-likeness (QED) is 0.700. The van der Waals surface area contributed by atoms with Crippen molar-refractivity contribution in [1.29, 1.82) is 0 Å². The van der Waals surface area contributed by atoms with Crippen LogP contribution in [0.25, 0.3) is 0 Å². The topological polar surface area (TPSA) is 57.3 Å². The molecule has 27 heavy (non-hydrogen) atoms. The third-order valence-corrected chi connectivity index (χ3v) is 3.86. The Morgan fingerprint density at radius 3 is 2.33 bits per heavy atom. The van der Waals surface area contributed by atoms with E-state index in [-0.39, 0.29) is 11.6 Å². The van der Waals surface area contributed by atoms with E-state index in [2.05, 4.69) is 15.6 Å². The van der Waals surface area contributed by atoms with Crippen molar-refractivity contribution in [2.24, 2.45) is 0 Å². The lowest BCUT2D eigenvalue weighted by atomic mass is 10.2. The minimum absolute atomic E-state index is 0.0992. The number of pyridine rings is 1.